The summed E-state index contributed by atoms with van der Waals surface area (Å²) in [5.41, 5.74) is 5.23. The van der Waals surface area contributed by atoms with Crippen LogP contribution in [0.25, 0.3) is 5.32 Å². The zero-order chi connectivity index (χ0) is 14.7. The second-order valence-corrected chi connectivity index (χ2v) is 6.17. The van der Waals surface area contributed by atoms with Crippen LogP contribution in [0.15, 0.2) is 30.0 Å². The van der Waals surface area contributed by atoms with Gasteiger partial charge in [-0.05, 0) is 31.1 Å². The van der Waals surface area contributed by atoms with Gasteiger partial charge in [0.15, 0.2) is 0 Å². The molecule has 1 N–H and O–H groups in total. The summed E-state index contributed by atoms with van der Waals surface area (Å²) < 4.78 is 0. The quantitative estimate of drug-likeness (QED) is 0.567. The van der Waals surface area contributed by atoms with Gasteiger partial charge in [-0.15, -0.1) is 11.4 Å². The molecule has 3 radical (unpaired) electrons. The summed E-state index contributed by atoms with van der Waals surface area (Å²) in [5.74, 6) is 0.900. The molecule has 0 atom stereocenters. The first-order valence-corrected chi connectivity index (χ1v) is 7.63. The van der Waals surface area contributed by atoms with Gasteiger partial charge < -0.3 is 10.7 Å². The summed E-state index contributed by atoms with van der Waals surface area (Å²) >= 11 is 0. The predicted octanol–water partition coefficient (Wildman–Crippen LogP) is 5.64. The Kier molecular flexibility index (Phi) is 9.22. The molecular formula is C18H25BHfN2-. The van der Waals surface area contributed by atoms with E-state index < -0.39 is 0 Å². The SMILES string of the molecule is CC(C)c1cccc(C(C)C)c1[N-]C1=CCCCC1=N.[B].[Hf]. The molecule has 0 aliphatic heterocycles. The topological polar surface area (TPSA) is 38.0 Å². The molecule has 1 aromatic rings. The first-order valence-electron chi connectivity index (χ1n) is 7.63. The smallest absolute Gasteiger partial charge is 0.0164 e. The van der Waals surface area contributed by atoms with Crippen LogP contribution in [0.3, 0.4) is 0 Å². The van der Waals surface area contributed by atoms with Crippen molar-refractivity contribution in [1.29, 1.82) is 5.41 Å². The Hall–Kier alpha value is -0.635. The average Bonchev–Trinajstić information content (AvgIpc) is 2.41. The number of nitrogens with zero attached hydrogens (tertiary/aromatic N) is 1. The summed E-state index contributed by atoms with van der Waals surface area (Å²) in [6.07, 6.45) is 5.10. The van der Waals surface area contributed by atoms with E-state index in [1.165, 1.54) is 11.1 Å². The average molecular weight is 459 g/mol. The Morgan fingerprint density at radius 1 is 1.05 bits per heavy atom. The van der Waals surface area contributed by atoms with E-state index >= 15 is 0 Å². The monoisotopic (exact) mass is 460 g/mol. The molecule has 0 saturated carbocycles. The van der Waals surface area contributed by atoms with E-state index in [0.717, 1.165) is 30.6 Å². The third-order valence-corrected chi connectivity index (χ3v) is 3.85. The maximum absolute atomic E-state index is 8.09. The minimum Gasteiger partial charge on any atom is -0.656 e. The van der Waals surface area contributed by atoms with Gasteiger partial charge in [0.1, 0.15) is 0 Å². The van der Waals surface area contributed by atoms with Gasteiger partial charge in [0.2, 0.25) is 0 Å². The maximum Gasteiger partial charge on any atom is 0.0164 e. The molecule has 2 rings (SSSR count). The van der Waals surface area contributed by atoms with Gasteiger partial charge in [0, 0.05) is 40.0 Å². The Morgan fingerprint density at radius 3 is 2.05 bits per heavy atom. The van der Waals surface area contributed by atoms with Gasteiger partial charge in [0.05, 0.1) is 0 Å². The Morgan fingerprint density at radius 2 is 1.59 bits per heavy atom. The fourth-order valence-corrected chi connectivity index (χ4v) is 2.64. The van der Waals surface area contributed by atoms with Crippen LogP contribution >= 0.6 is 0 Å². The Bertz CT molecular complexity index is 510. The van der Waals surface area contributed by atoms with Crippen LogP contribution in [0, 0.1) is 5.41 Å². The first kappa shape index (κ1) is 21.4. The molecule has 0 spiro atoms. The molecule has 0 bridgehead atoms. The maximum atomic E-state index is 8.09. The zero-order valence-corrected chi connectivity index (χ0v) is 17.7. The van der Waals surface area contributed by atoms with Gasteiger partial charge in [-0.3, -0.25) is 0 Å². The number of allylic oxidation sites excluding steroid dienone is 2. The van der Waals surface area contributed by atoms with Crippen LogP contribution in [-0.2, 0) is 25.8 Å². The van der Waals surface area contributed by atoms with E-state index in [0.29, 0.717) is 17.5 Å². The van der Waals surface area contributed by atoms with Gasteiger partial charge in [-0.25, -0.2) is 0 Å². The fraction of sp³-hybridized carbons (Fsp3) is 0.500. The van der Waals surface area contributed by atoms with E-state index in [2.05, 4.69) is 52.0 Å². The summed E-state index contributed by atoms with van der Waals surface area (Å²) in [4.78, 5) is 0. The van der Waals surface area contributed by atoms with Crippen molar-refractivity contribution < 1.29 is 25.8 Å². The first-order chi connectivity index (χ1) is 9.50. The van der Waals surface area contributed by atoms with Gasteiger partial charge in [-0.1, -0.05) is 63.1 Å². The zero-order valence-electron chi connectivity index (χ0n) is 14.1. The van der Waals surface area contributed by atoms with Crippen molar-refractivity contribution >= 4 is 19.8 Å². The van der Waals surface area contributed by atoms with Crippen molar-refractivity contribution in [2.24, 2.45) is 0 Å². The van der Waals surface area contributed by atoms with E-state index in [1.807, 2.05) is 0 Å². The molecule has 22 heavy (non-hydrogen) atoms. The van der Waals surface area contributed by atoms with Crippen molar-refractivity contribution in [1.82, 2.24) is 0 Å². The van der Waals surface area contributed by atoms with Crippen LogP contribution in [-0.4, -0.2) is 14.1 Å². The van der Waals surface area contributed by atoms with Gasteiger partial charge in [-0.2, -0.15) is 0 Å². The Labute approximate surface area is 156 Å². The van der Waals surface area contributed by atoms with Gasteiger partial charge in [0.25, 0.3) is 0 Å². The molecule has 0 fully saturated rings. The number of hydrogen-bond acceptors (Lipinski definition) is 1. The number of para-hydroxylation sites is 1. The van der Waals surface area contributed by atoms with E-state index in [1.54, 1.807) is 0 Å². The molecular weight excluding hydrogens is 434 g/mol. The third kappa shape index (κ3) is 4.94. The summed E-state index contributed by atoms with van der Waals surface area (Å²) in [6.45, 7) is 8.83. The van der Waals surface area contributed by atoms with Gasteiger partial charge >= 0.3 is 0 Å². The normalized spacial score (nSPS) is 14.3. The van der Waals surface area contributed by atoms with E-state index in [9.17, 15) is 0 Å². The van der Waals surface area contributed by atoms with E-state index in [-0.39, 0.29) is 34.3 Å². The summed E-state index contributed by atoms with van der Waals surface area (Å²) in [7, 11) is 0. The standard InChI is InChI=1S/C18H25N2.B.Hf/c1-12(2)14-8-7-9-15(13(3)4)18(14)20-17-11-6-5-10-16(17)19;;/h7-9,11-13,19H,5-6,10H2,1-4H3;;/q-1;;. The molecule has 0 heterocycles. The molecule has 0 aromatic heterocycles. The van der Waals surface area contributed by atoms with Crippen LogP contribution in [0.1, 0.15) is 69.9 Å². The fourth-order valence-electron chi connectivity index (χ4n) is 2.64. The Balaban J connectivity index is 0.00000220. The second kappa shape index (κ2) is 9.49. The number of rotatable bonds is 4. The van der Waals surface area contributed by atoms with Crippen molar-refractivity contribution in [2.75, 3.05) is 0 Å². The minimum absolute atomic E-state index is 0. The molecule has 1 aliphatic carbocycles. The summed E-state index contributed by atoms with van der Waals surface area (Å²) in [6, 6.07) is 6.47. The van der Waals surface area contributed by atoms with Crippen LogP contribution in [0.5, 0.6) is 0 Å². The van der Waals surface area contributed by atoms with Crippen LogP contribution in [0.4, 0.5) is 5.69 Å². The van der Waals surface area contributed by atoms with Crippen molar-refractivity contribution in [2.45, 2.75) is 58.8 Å². The van der Waals surface area contributed by atoms with Crippen LogP contribution in [0.2, 0.25) is 0 Å². The number of nitrogens with one attached hydrogen (secondary N) is 1. The van der Waals surface area contributed by atoms with Crippen molar-refractivity contribution in [3.05, 3.63) is 46.4 Å². The number of benzene rings is 1. The van der Waals surface area contributed by atoms with Crippen LogP contribution < -0.4 is 0 Å². The molecule has 1 aliphatic rings. The molecule has 0 saturated heterocycles. The molecule has 115 valence electrons. The van der Waals surface area contributed by atoms with E-state index in [4.69, 9.17) is 10.7 Å². The third-order valence-electron chi connectivity index (χ3n) is 3.85. The van der Waals surface area contributed by atoms with Crippen molar-refractivity contribution in [3.8, 4) is 0 Å². The van der Waals surface area contributed by atoms with Crippen molar-refractivity contribution in [3.63, 3.8) is 0 Å². The minimum atomic E-state index is 0. The second-order valence-electron chi connectivity index (χ2n) is 6.17. The predicted molar refractivity (Wildman–Crippen MR) is 93.1 cm³/mol. The molecule has 2 nitrogen and oxygen atoms in total. The molecule has 0 amide bonds. The summed E-state index contributed by atoms with van der Waals surface area (Å²) in [5, 5.41) is 13.0. The largest absolute Gasteiger partial charge is 0.656 e. The molecule has 0 unspecified atom stereocenters. The number of hydrogen-bond donors (Lipinski definition) is 1. The molecule has 1 aromatic carbocycles. The molecule has 4 heteroatoms.